The molecule has 0 rings (SSSR count). The van der Waals surface area contributed by atoms with Crippen LogP contribution >= 0.6 is 0 Å². The molecule has 0 atom stereocenters. The zero-order chi connectivity index (χ0) is 5.91. The number of hydrogen-bond donors (Lipinski definition) is 0. The van der Waals surface area contributed by atoms with Crippen molar-refractivity contribution in [2.24, 2.45) is 0 Å². The van der Waals surface area contributed by atoms with Crippen LogP contribution in [0.4, 0.5) is 0 Å². The molecule has 0 amide bonds. The van der Waals surface area contributed by atoms with Gasteiger partial charge in [-0.2, -0.15) is 8.42 Å². The molecule has 0 bridgehead atoms. The average Bonchev–Trinajstić information content (AvgIpc) is 1.68. The van der Waals surface area contributed by atoms with Gasteiger partial charge in [-0.3, -0.25) is 0 Å². The molecule has 0 radical (unpaired) electrons. The van der Waals surface area contributed by atoms with E-state index in [1.54, 1.807) is 0 Å². The van der Waals surface area contributed by atoms with Crippen LogP contribution < -0.4 is 0 Å². The van der Waals surface area contributed by atoms with Crippen molar-refractivity contribution >= 4 is 26.5 Å². The molecule has 0 saturated heterocycles. The summed E-state index contributed by atoms with van der Waals surface area (Å²) in [5, 5.41) is 0. The molecular formula is H4B2O4S. The van der Waals surface area contributed by atoms with E-state index in [-0.39, 0.29) is 0 Å². The molecule has 7 heteroatoms. The van der Waals surface area contributed by atoms with Crippen molar-refractivity contribution in [3.8, 4) is 0 Å². The lowest BCUT2D eigenvalue weighted by Gasteiger charge is -1.93. The molecule has 0 aliphatic carbocycles. The molecule has 0 aromatic rings. The predicted molar refractivity (Wildman–Crippen MR) is 28.2 cm³/mol. The van der Waals surface area contributed by atoms with Crippen LogP contribution in [0.2, 0.25) is 0 Å². The lowest BCUT2D eigenvalue weighted by atomic mass is 10.6. The lowest BCUT2D eigenvalue weighted by molar-refractivity contribution is 0.420. The first-order valence-electron chi connectivity index (χ1n) is 1.48. The summed E-state index contributed by atoms with van der Waals surface area (Å²) in [6.45, 7) is 0. The van der Waals surface area contributed by atoms with Crippen LogP contribution in [0, 0.1) is 0 Å². The summed E-state index contributed by atoms with van der Waals surface area (Å²) >= 11 is 0. The largest absolute Gasteiger partial charge is 0.370 e. The second-order valence-corrected chi connectivity index (χ2v) is 2.22. The first kappa shape index (κ1) is 7.00. The zero-order valence-corrected chi connectivity index (χ0v) is 4.86. The smallest absolute Gasteiger partial charge is 0.323 e. The monoisotopic (exact) mass is 122 g/mol. The molecule has 0 N–H and O–H groups in total. The maximum absolute atomic E-state index is 9.92. The van der Waals surface area contributed by atoms with Crippen molar-refractivity contribution in [2.75, 3.05) is 0 Å². The Balaban J connectivity index is 3.89. The molecule has 0 fully saturated rings. The molecule has 0 aliphatic rings. The van der Waals surface area contributed by atoms with Crippen LogP contribution in [-0.2, 0) is 18.6 Å². The van der Waals surface area contributed by atoms with E-state index in [9.17, 15) is 8.42 Å². The predicted octanol–water partition coefficient (Wildman–Crippen LogP) is -2.64. The molecular weight excluding hydrogens is 118 g/mol. The SMILES string of the molecule is BOS(=O)(=O)OB. The normalized spacial score (nSPS) is 11.4. The Bertz CT molecular complexity index is 113. The van der Waals surface area contributed by atoms with Gasteiger partial charge >= 0.3 is 10.4 Å². The Hall–Kier alpha value is -0.000130. The van der Waals surface area contributed by atoms with E-state index in [4.69, 9.17) is 0 Å². The summed E-state index contributed by atoms with van der Waals surface area (Å²) in [4.78, 5) is 0. The molecule has 0 aliphatic heterocycles. The lowest BCUT2D eigenvalue weighted by Crippen LogP contribution is -2.04. The highest BCUT2D eigenvalue weighted by Crippen LogP contribution is 1.84. The third kappa shape index (κ3) is 2.67. The van der Waals surface area contributed by atoms with Crippen LogP contribution in [0.25, 0.3) is 0 Å². The van der Waals surface area contributed by atoms with Crippen molar-refractivity contribution < 1.29 is 16.6 Å². The highest BCUT2D eigenvalue weighted by Gasteiger charge is 1.99. The first-order valence-corrected chi connectivity index (χ1v) is 2.82. The van der Waals surface area contributed by atoms with Gasteiger partial charge in [-0.05, 0) is 0 Å². The van der Waals surface area contributed by atoms with E-state index in [2.05, 4.69) is 8.20 Å². The van der Waals surface area contributed by atoms with Crippen molar-refractivity contribution in [3.63, 3.8) is 0 Å². The molecule has 0 unspecified atom stereocenters. The summed E-state index contributed by atoms with van der Waals surface area (Å²) in [6.07, 6.45) is 0. The van der Waals surface area contributed by atoms with Gasteiger partial charge in [0.2, 0.25) is 0 Å². The van der Waals surface area contributed by atoms with Crippen molar-refractivity contribution in [3.05, 3.63) is 0 Å². The number of hydrogen-bond acceptors (Lipinski definition) is 4. The van der Waals surface area contributed by atoms with E-state index in [0.717, 1.165) is 16.1 Å². The van der Waals surface area contributed by atoms with Gasteiger partial charge in [-0.25, -0.2) is 0 Å². The highest BCUT2D eigenvalue weighted by molar-refractivity contribution is 7.83. The topological polar surface area (TPSA) is 52.6 Å². The van der Waals surface area contributed by atoms with E-state index < -0.39 is 10.4 Å². The standard InChI is InChI=1S/B2H4O4S/c1-5-7(3,4)6-2/h1-2H2. The minimum atomic E-state index is -3.66. The van der Waals surface area contributed by atoms with Crippen LogP contribution in [0.3, 0.4) is 0 Å². The summed E-state index contributed by atoms with van der Waals surface area (Å²) in [5.41, 5.74) is 0. The van der Waals surface area contributed by atoms with Crippen LogP contribution in [0.1, 0.15) is 0 Å². The van der Waals surface area contributed by atoms with E-state index in [1.807, 2.05) is 0 Å². The van der Waals surface area contributed by atoms with Gasteiger partial charge in [-0.1, -0.05) is 0 Å². The summed E-state index contributed by atoms with van der Waals surface area (Å²) in [6, 6.07) is 0. The van der Waals surface area contributed by atoms with Crippen molar-refractivity contribution in [1.29, 1.82) is 0 Å². The quantitative estimate of drug-likeness (QED) is 0.375. The Morgan fingerprint density at radius 2 is 1.43 bits per heavy atom. The van der Waals surface area contributed by atoms with Crippen molar-refractivity contribution in [2.45, 2.75) is 0 Å². The zero-order valence-electron chi connectivity index (χ0n) is 4.04. The van der Waals surface area contributed by atoms with Gasteiger partial charge in [0.05, 0.1) is 0 Å². The van der Waals surface area contributed by atoms with E-state index in [0.29, 0.717) is 0 Å². The van der Waals surface area contributed by atoms with Gasteiger partial charge in [0.15, 0.2) is 0 Å². The molecule has 4 nitrogen and oxygen atoms in total. The first-order chi connectivity index (χ1) is 3.12. The van der Waals surface area contributed by atoms with Gasteiger partial charge in [-0.15, -0.1) is 0 Å². The minimum absolute atomic E-state index is 1.03. The van der Waals surface area contributed by atoms with Crippen LogP contribution in [0.15, 0.2) is 0 Å². The molecule has 0 saturated carbocycles. The Labute approximate surface area is 44.0 Å². The molecule has 0 heterocycles. The van der Waals surface area contributed by atoms with E-state index >= 15 is 0 Å². The third-order valence-electron chi connectivity index (χ3n) is 0.408. The molecule has 40 valence electrons. The van der Waals surface area contributed by atoms with Crippen LogP contribution in [0.5, 0.6) is 0 Å². The van der Waals surface area contributed by atoms with E-state index in [1.165, 1.54) is 0 Å². The number of rotatable bonds is 2. The fraction of sp³-hybridized carbons (Fsp3) is 0. The fourth-order valence-corrected chi connectivity index (χ4v) is 0.204. The Kier molecular flexibility index (Phi) is 2.34. The average molecular weight is 122 g/mol. The van der Waals surface area contributed by atoms with Gasteiger partial charge in [0, 0.05) is 0 Å². The Morgan fingerprint density at radius 3 is 1.43 bits per heavy atom. The Morgan fingerprint density at radius 1 is 1.14 bits per heavy atom. The summed E-state index contributed by atoms with van der Waals surface area (Å²) < 4.78 is 27.5. The van der Waals surface area contributed by atoms with Gasteiger partial charge < -0.3 is 8.20 Å². The van der Waals surface area contributed by atoms with Gasteiger partial charge in [0.1, 0.15) is 0 Å². The van der Waals surface area contributed by atoms with Gasteiger partial charge in [0.25, 0.3) is 16.1 Å². The molecule has 7 heavy (non-hydrogen) atoms. The third-order valence-corrected chi connectivity index (χ3v) is 1.22. The maximum atomic E-state index is 9.92. The highest BCUT2D eigenvalue weighted by atomic mass is 32.3. The minimum Gasteiger partial charge on any atom is -0.323 e. The molecule has 0 spiro atoms. The second kappa shape index (κ2) is 2.34. The second-order valence-electron chi connectivity index (χ2n) is 0.742. The summed E-state index contributed by atoms with van der Waals surface area (Å²) in [7, 11) is -1.60. The van der Waals surface area contributed by atoms with Crippen molar-refractivity contribution in [1.82, 2.24) is 0 Å². The molecule has 0 aromatic carbocycles. The summed E-state index contributed by atoms with van der Waals surface area (Å²) in [5.74, 6) is 0. The molecule has 0 aromatic heterocycles. The fourth-order valence-electron chi connectivity index (χ4n) is 0.0680. The van der Waals surface area contributed by atoms with Crippen LogP contribution in [-0.4, -0.2) is 24.5 Å². The maximum Gasteiger partial charge on any atom is 0.370 e.